The summed E-state index contributed by atoms with van der Waals surface area (Å²) >= 11 is 0. The molecule has 3 N–H and O–H groups in total. The molecule has 0 fully saturated rings. The fourth-order valence-corrected chi connectivity index (χ4v) is 2.64. The highest BCUT2D eigenvalue weighted by atomic mass is 19.2. The monoisotopic (exact) mass is 371 g/mol. The summed E-state index contributed by atoms with van der Waals surface area (Å²) in [5.74, 6) is -0.864. The van der Waals surface area contributed by atoms with Crippen LogP contribution in [0.3, 0.4) is 0 Å². The first-order valence-electron chi connectivity index (χ1n) is 9.21. The second-order valence-electron chi connectivity index (χ2n) is 6.23. The van der Waals surface area contributed by atoms with Crippen molar-refractivity contribution >= 4 is 5.96 Å². The van der Waals surface area contributed by atoms with Crippen molar-refractivity contribution in [2.45, 2.75) is 40.0 Å². The number of nitrogens with zero attached hydrogens (tertiary/aromatic N) is 1. The fraction of sp³-hybridized carbons (Fsp3) is 0.632. The first-order chi connectivity index (χ1) is 12.5. The van der Waals surface area contributed by atoms with E-state index >= 15 is 0 Å². The molecule has 0 bridgehead atoms. The van der Waals surface area contributed by atoms with Gasteiger partial charge in [-0.1, -0.05) is 13.8 Å². The van der Waals surface area contributed by atoms with E-state index in [1.54, 1.807) is 0 Å². The summed E-state index contributed by atoms with van der Waals surface area (Å²) in [6.45, 7) is 8.48. The molecule has 0 amide bonds. The highest BCUT2D eigenvalue weighted by Gasteiger charge is 2.25. The number of rotatable bonds is 11. The molecule has 0 heterocycles. The van der Waals surface area contributed by atoms with Gasteiger partial charge in [0.15, 0.2) is 17.6 Å². The van der Waals surface area contributed by atoms with E-state index < -0.39 is 11.6 Å². The van der Waals surface area contributed by atoms with Crippen molar-refractivity contribution in [3.8, 4) is 5.75 Å². The molecule has 0 aliphatic carbocycles. The Kier molecular flexibility index (Phi) is 9.95. The molecule has 0 aromatic heterocycles. The van der Waals surface area contributed by atoms with Crippen molar-refractivity contribution in [3.63, 3.8) is 0 Å². The number of halogens is 2. The van der Waals surface area contributed by atoms with E-state index in [1.807, 2.05) is 6.92 Å². The van der Waals surface area contributed by atoms with E-state index in [-0.39, 0.29) is 17.8 Å². The molecular weight excluding hydrogens is 340 g/mol. The smallest absolute Gasteiger partial charge is 0.191 e. The molecule has 148 valence electrons. The van der Waals surface area contributed by atoms with Crippen molar-refractivity contribution in [3.05, 3.63) is 29.8 Å². The number of aliphatic imine (C=N–C) groups is 1. The lowest BCUT2D eigenvalue weighted by molar-refractivity contribution is 0.175. The van der Waals surface area contributed by atoms with Gasteiger partial charge < -0.3 is 20.5 Å². The van der Waals surface area contributed by atoms with E-state index in [1.165, 1.54) is 6.07 Å². The third-order valence-corrected chi connectivity index (χ3v) is 4.61. The molecule has 0 aliphatic rings. The quantitative estimate of drug-likeness (QED) is 0.318. The molecule has 5 nitrogen and oxygen atoms in total. The Morgan fingerprint density at radius 2 is 1.88 bits per heavy atom. The van der Waals surface area contributed by atoms with E-state index in [2.05, 4.69) is 29.5 Å². The van der Waals surface area contributed by atoms with Crippen LogP contribution in [0.15, 0.2) is 23.2 Å². The summed E-state index contributed by atoms with van der Waals surface area (Å²) in [7, 11) is 0. The Labute approximate surface area is 154 Å². The number of aliphatic hydroxyl groups is 1. The minimum Gasteiger partial charge on any atom is -0.492 e. The molecule has 0 saturated carbocycles. The highest BCUT2D eigenvalue weighted by Crippen LogP contribution is 2.30. The van der Waals surface area contributed by atoms with Crippen LogP contribution in [-0.4, -0.2) is 43.9 Å². The Balaban J connectivity index is 2.54. The molecule has 1 aromatic rings. The zero-order valence-electron chi connectivity index (χ0n) is 15.9. The third-order valence-electron chi connectivity index (χ3n) is 4.61. The lowest BCUT2D eigenvalue weighted by atomic mass is 9.79. The Morgan fingerprint density at radius 1 is 1.15 bits per heavy atom. The molecule has 7 heteroatoms. The standard InChI is InChI=1S/C19H31F2N3O2/c1-4-19(5-2,9-11-25)14-24-18(22-6-3)23-10-12-26-15-7-8-16(20)17(21)13-15/h7-8,13,25H,4-6,9-12,14H2,1-3H3,(H2,22,23,24). The second kappa shape index (κ2) is 11.7. The van der Waals surface area contributed by atoms with Gasteiger partial charge in [-0.25, -0.2) is 8.78 Å². The van der Waals surface area contributed by atoms with E-state index in [0.29, 0.717) is 25.7 Å². The summed E-state index contributed by atoms with van der Waals surface area (Å²) in [6, 6.07) is 3.46. The molecule has 0 radical (unpaired) electrons. The van der Waals surface area contributed by atoms with Gasteiger partial charge in [0.1, 0.15) is 12.4 Å². The maximum Gasteiger partial charge on any atom is 0.191 e. The number of benzene rings is 1. The van der Waals surface area contributed by atoms with Crippen LogP contribution in [0.1, 0.15) is 40.0 Å². The van der Waals surface area contributed by atoms with Crippen molar-refractivity contribution in [1.29, 1.82) is 0 Å². The van der Waals surface area contributed by atoms with Crippen LogP contribution in [0.25, 0.3) is 0 Å². The van der Waals surface area contributed by atoms with Crippen molar-refractivity contribution in [1.82, 2.24) is 10.6 Å². The molecule has 0 unspecified atom stereocenters. The normalized spacial score (nSPS) is 12.2. The highest BCUT2D eigenvalue weighted by molar-refractivity contribution is 5.79. The summed E-state index contributed by atoms with van der Waals surface area (Å²) in [5, 5.41) is 15.6. The molecule has 1 rings (SSSR count). The van der Waals surface area contributed by atoms with Gasteiger partial charge in [-0.05, 0) is 43.7 Å². The zero-order valence-corrected chi connectivity index (χ0v) is 15.9. The van der Waals surface area contributed by atoms with Crippen molar-refractivity contribution in [2.75, 3.05) is 32.8 Å². The van der Waals surface area contributed by atoms with Crippen LogP contribution >= 0.6 is 0 Å². The number of guanidine groups is 1. The fourth-order valence-electron chi connectivity index (χ4n) is 2.64. The summed E-state index contributed by atoms with van der Waals surface area (Å²) in [5.41, 5.74) is -0.000754. The Bertz CT molecular complexity index is 564. The number of hydrogen-bond acceptors (Lipinski definition) is 3. The number of hydrogen-bond donors (Lipinski definition) is 3. The van der Waals surface area contributed by atoms with E-state index in [4.69, 9.17) is 4.74 Å². The minimum absolute atomic E-state index is 0.000754. The Morgan fingerprint density at radius 3 is 2.46 bits per heavy atom. The minimum atomic E-state index is -0.926. The lowest BCUT2D eigenvalue weighted by Gasteiger charge is -2.29. The van der Waals surface area contributed by atoms with Gasteiger partial charge in [0.05, 0.1) is 6.54 Å². The Hall–Kier alpha value is -1.89. The summed E-state index contributed by atoms with van der Waals surface area (Å²) < 4.78 is 31.4. The van der Waals surface area contributed by atoms with E-state index in [0.717, 1.165) is 37.9 Å². The SMILES string of the molecule is CCNC(=NCC(CC)(CC)CCO)NCCOc1ccc(F)c(F)c1. The number of nitrogens with one attached hydrogen (secondary N) is 2. The number of aliphatic hydroxyl groups excluding tert-OH is 1. The molecule has 1 aromatic carbocycles. The van der Waals surface area contributed by atoms with Gasteiger partial charge in [0.2, 0.25) is 0 Å². The van der Waals surface area contributed by atoms with Crippen LogP contribution in [0.2, 0.25) is 0 Å². The predicted octanol–water partition coefficient (Wildman–Crippen LogP) is 3.09. The molecule has 0 atom stereocenters. The number of ether oxygens (including phenoxy) is 1. The van der Waals surface area contributed by atoms with Crippen LogP contribution in [-0.2, 0) is 0 Å². The van der Waals surface area contributed by atoms with Gasteiger partial charge >= 0.3 is 0 Å². The first kappa shape index (κ1) is 22.2. The summed E-state index contributed by atoms with van der Waals surface area (Å²) in [6.07, 6.45) is 2.63. The lowest BCUT2D eigenvalue weighted by Crippen LogP contribution is -2.40. The predicted molar refractivity (Wildman–Crippen MR) is 101 cm³/mol. The molecule has 26 heavy (non-hydrogen) atoms. The molecule has 0 saturated heterocycles. The van der Waals surface area contributed by atoms with Gasteiger partial charge in [-0.2, -0.15) is 0 Å². The first-order valence-corrected chi connectivity index (χ1v) is 9.21. The maximum atomic E-state index is 13.1. The van der Waals surface area contributed by atoms with Crippen LogP contribution in [0.4, 0.5) is 8.78 Å². The average Bonchev–Trinajstić information content (AvgIpc) is 2.64. The maximum absolute atomic E-state index is 13.1. The van der Waals surface area contributed by atoms with Gasteiger partial charge in [0, 0.05) is 25.8 Å². The average molecular weight is 371 g/mol. The molecule has 0 spiro atoms. The third kappa shape index (κ3) is 7.15. The van der Waals surface area contributed by atoms with E-state index in [9.17, 15) is 13.9 Å². The largest absolute Gasteiger partial charge is 0.492 e. The van der Waals surface area contributed by atoms with Crippen LogP contribution in [0, 0.1) is 17.0 Å². The topological polar surface area (TPSA) is 65.9 Å². The van der Waals surface area contributed by atoms with Crippen molar-refractivity contribution in [2.24, 2.45) is 10.4 Å². The second-order valence-corrected chi connectivity index (χ2v) is 6.23. The molecular formula is C19H31F2N3O2. The van der Waals surface area contributed by atoms with Gasteiger partial charge in [0.25, 0.3) is 0 Å². The van der Waals surface area contributed by atoms with Crippen LogP contribution < -0.4 is 15.4 Å². The van der Waals surface area contributed by atoms with Gasteiger partial charge in [-0.15, -0.1) is 0 Å². The van der Waals surface area contributed by atoms with Crippen LogP contribution in [0.5, 0.6) is 5.75 Å². The zero-order chi connectivity index (χ0) is 19.4. The van der Waals surface area contributed by atoms with Gasteiger partial charge in [-0.3, -0.25) is 4.99 Å². The summed E-state index contributed by atoms with van der Waals surface area (Å²) in [4.78, 5) is 4.63. The van der Waals surface area contributed by atoms with Crippen molar-refractivity contribution < 1.29 is 18.6 Å². The molecule has 0 aliphatic heterocycles.